The van der Waals surface area contributed by atoms with Gasteiger partial charge in [-0.15, -0.1) is 0 Å². The van der Waals surface area contributed by atoms with E-state index >= 15 is 0 Å². The van der Waals surface area contributed by atoms with Gasteiger partial charge < -0.3 is 24.2 Å². The van der Waals surface area contributed by atoms with Crippen LogP contribution in [0.5, 0.6) is 0 Å². The van der Waals surface area contributed by atoms with Gasteiger partial charge in [0.25, 0.3) is 0 Å². The molecule has 12 heteroatoms. The van der Waals surface area contributed by atoms with Crippen LogP contribution in [0, 0.1) is 0 Å². The second-order valence-corrected chi connectivity index (χ2v) is 17.7. The van der Waals surface area contributed by atoms with E-state index in [1.54, 1.807) is 0 Å². The molecule has 2 N–H and O–H groups in total. The molecule has 3 unspecified atom stereocenters. The summed E-state index contributed by atoms with van der Waals surface area (Å²) in [5, 5.41) is 9.71. The molecule has 0 aromatic carbocycles. The van der Waals surface area contributed by atoms with Crippen molar-refractivity contribution in [1.82, 2.24) is 0 Å². The molecule has 0 aromatic rings. The predicted molar refractivity (Wildman–Crippen MR) is 243 cm³/mol. The zero-order valence-electron chi connectivity index (χ0n) is 38.4. The molecule has 0 saturated heterocycles. The number of hydrogen-bond donors (Lipinski definition) is 2. The van der Waals surface area contributed by atoms with Crippen molar-refractivity contribution < 1.29 is 52.2 Å². The number of phosphoric acid groups is 1. The third-order valence-electron chi connectivity index (χ3n) is 10.4. The molecule has 0 amide bonds. The molecule has 0 aliphatic heterocycles. The molecule has 0 saturated carbocycles. The Kier molecular flexibility index (Phi) is 42.1. The average molecular weight is 873 g/mol. The van der Waals surface area contributed by atoms with E-state index in [0.29, 0.717) is 19.3 Å². The van der Waals surface area contributed by atoms with E-state index in [9.17, 15) is 28.9 Å². The van der Waals surface area contributed by atoms with E-state index in [4.69, 9.17) is 23.3 Å². The van der Waals surface area contributed by atoms with Gasteiger partial charge in [-0.05, 0) is 44.9 Å². The maximum atomic E-state index is 12.8. The molecule has 0 aliphatic rings. The Hall–Kier alpha value is -2.04. The topological polar surface area (TPSA) is 155 Å². The van der Waals surface area contributed by atoms with E-state index in [1.165, 1.54) is 83.5 Å². The maximum absolute atomic E-state index is 12.8. The molecular weight excluding hydrogens is 783 g/mol. The molecule has 0 fully saturated rings. The summed E-state index contributed by atoms with van der Waals surface area (Å²) in [5.41, 5.74) is 0. The van der Waals surface area contributed by atoms with Gasteiger partial charge in [-0.1, -0.05) is 186 Å². The number of unbranched alkanes of at least 4 members (excludes halogenated alkanes) is 24. The first-order valence-corrected chi connectivity index (χ1v) is 25.7. The fourth-order valence-electron chi connectivity index (χ4n) is 6.63. The number of aliphatic hydroxyl groups excluding tert-OH is 1. The molecule has 0 bridgehead atoms. The lowest BCUT2D eigenvalue weighted by Crippen LogP contribution is -2.30. The van der Waals surface area contributed by atoms with Gasteiger partial charge in [-0.25, -0.2) is 4.57 Å². The first-order chi connectivity index (χ1) is 29.2. The van der Waals surface area contributed by atoms with E-state index in [2.05, 4.69) is 45.1 Å². The lowest BCUT2D eigenvalue weighted by molar-refractivity contribution is -0.161. The van der Waals surface area contributed by atoms with Crippen LogP contribution in [0.1, 0.15) is 226 Å². The minimum absolute atomic E-state index is 0.170. The van der Waals surface area contributed by atoms with Crippen LogP contribution in [0.3, 0.4) is 0 Å². The number of allylic oxidation sites excluding steroid dienone is 4. The first kappa shape index (κ1) is 58.0. The number of carbonyl (C=O) groups is 3. The standard InChI is InChI=1S/C48H89O11P/c1-4-7-10-13-16-19-21-22-24-26-28-31-34-37-46(50)55-41-45(59-48(52)39-36-33-30-27-23-20-17-14-11-8-5-2)43-57-60(53,54)56-42-44(40-49)58-47(51)38-35-32-29-25-18-15-12-9-6-3/h10,13,19,21,44-45,49H,4-9,11-12,14-18,20,22-43H2,1-3H3,(H,53,54)/b13-10-,21-19-. The monoisotopic (exact) mass is 873 g/mol. The highest BCUT2D eigenvalue weighted by atomic mass is 31.2. The number of aliphatic hydroxyl groups is 1. The van der Waals surface area contributed by atoms with Crippen LogP contribution < -0.4 is 0 Å². The van der Waals surface area contributed by atoms with Crippen molar-refractivity contribution in [3.05, 3.63) is 24.3 Å². The molecule has 352 valence electrons. The van der Waals surface area contributed by atoms with E-state index in [1.807, 2.05) is 0 Å². The number of hydrogen-bond acceptors (Lipinski definition) is 10. The van der Waals surface area contributed by atoms with Crippen molar-refractivity contribution >= 4 is 25.7 Å². The molecule has 60 heavy (non-hydrogen) atoms. The van der Waals surface area contributed by atoms with Gasteiger partial charge in [0.05, 0.1) is 19.8 Å². The first-order valence-electron chi connectivity index (χ1n) is 24.2. The smallest absolute Gasteiger partial charge is 0.462 e. The van der Waals surface area contributed by atoms with E-state index in [-0.39, 0.29) is 25.9 Å². The number of carbonyl (C=O) groups excluding carboxylic acids is 3. The molecule has 0 radical (unpaired) electrons. The van der Waals surface area contributed by atoms with Crippen LogP contribution in [0.15, 0.2) is 24.3 Å². The number of ether oxygens (including phenoxy) is 3. The third kappa shape index (κ3) is 41.3. The SMILES string of the molecule is CCC/C=C\C/C=C\CCCCCCCC(=O)OCC(COP(=O)(O)OCC(CO)OC(=O)CCCCCCCCCCC)OC(=O)CCCCCCCCCCCCC. The lowest BCUT2D eigenvalue weighted by atomic mass is 10.1. The van der Waals surface area contributed by atoms with Crippen molar-refractivity contribution in [3.63, 3.8) is 0 Å². The summed E-state index contributed by atoms with van der Waals surface area (Å²) in [7, 11) is -4.73. The summed E-state index contributed by atoms with van der Waals surface area (Å²) >= 11 is 0. The summed E-state index contributed by atoms with van der Waals surface area (Å²) in [5.74, 6) is -1.47. The normalized spacial score (nSPS) is 13.8. The van der Waals surface area contributed by atoms with Gasteiger partial charge in [-0.2, -0.15) is 0 Å². The van der Waals surface area contributed by atoms with Crippen LogP contribution >= 0.6 is 7.82 Å². The van der Waals surface area contributed by atoms with Gasteiger partial charge in [0.1, 0.15) is 12.7 Å². The summed E-state index contributed by atoms with van der Waals surface area (Å²) in [6, 6.07) is 0. The highest BCUT2D eigenvalue weighted by Crippen LogP contribution is 2.43. The van der Waals surface area contributed by atoms with Gasteiger partial charge in [0, 0.05) is 19.3 Å². The van der Waals surface area contributed by atoms with Crippen LogP contribution in [0.25, 0.3) is 0 Å². The number of phosphoric ester groups is 1. The Morgan fingerprint density at radius 3 is 1.30 bits per heavy atom. The molecule has 3 atom stereocenters. The Bertz CT molecular complexity index is 1110. The summed E-state index contributed by atoms with van der Waals surface area (Å²) in [6.07, 6.45) is 38.7. The zero-order valence-corrected chi connectivity index (χ0v) is 39.3. The zero-order chi connectivity index (χ0) is 44.2. The lowest BCUT2D eigenvalue weighted by Gasteiger charge is -2.21. The second-order valence-electron chi connectivity index (χ2n) is 16.3. The van der Waals surface area contributed by atoms with Gasteiger partial charge in [-0.3, -0.25) is 23.4 Å². The molecular formula is C48H89O11P. The van der Waals surface area contributed by atoms with Crippen LogP contribution in [0.2, 0.25) is 0 Å². The Morgan fingerprint density at radius 2 is 0.850 bits per heavy atom. The number of esters is 3. The minimum atomic E-state index is -4.73. The summed E-state index contributed by atoms with van der Waals surface area (Å²) in [6.45, 7) is 4.52. The Morgan fingerprint density at radius 1 is 0.467 bits per heavy atom. The average Bonchev–Trinajstić information content (AvgIpc) is 3.23. The van der Waals surface area contributed by atoms with Crippen LogP contribution in [-0.2, 0) is 42.2 Å². The van der Waals surface area contributed by atoms with Gasteiger partial charge in [0.2, 0.25) is 0 Å². The van der Waals surface area contributed by atoms with Crippen molar-refractivity contribution in [2.24, 2.45) is 0 Å². The highest BCUT2D eigenvalue weighted by Gasteiger charge is 2.28. The Balaban J connectivity index is 4.75. The predicted octanol–water partition coefficient (Wildman–Crippen LogP) is 13.1. The van der Waals surface area contributed by atoms with E-state index in [0.717, 1.165) is 83.5 Å². The molecule has 0 spiro atoms. The molecule has 0 rings (SSSR count). The fourth-order valence-corrected chi connectivity index (χ4v) is 7.41. The molecule has 11 nitrogen and oxygen atoms in total. The largest absolute Gasteiger partial charge is 0.472 e. The third-order valence-corrected chi connectivity index (χ3v) is 11.3. The minimum Gasteiger partial charge on any atom is -0.462 e. The summed E-state index contributed by atoms with van der Waals surface area (Å²) in [4.78, 5) is 48.0. The van der Waals surface area contributed by atoms with Crippen molar-refractivity contribution in [2.75, 3.05) is 26.4 Å². The summed E-state index contributed by atoms with van der Waals surface area (Å²) < 4.78 is 39.2. The van der Waals surface area contributed by atoms with Crippen molar-refractivity contribution in [3.8, 4) is 0 Å². The molecule has 0 aromatic heterocycles. The quantitative estimate of drug-likeness (QED) is 0.0197. The van der Waals surface area contributed by atoms with Crippen molar-refractivity contribution in [1.29, 1.82) is 0 Å². The second kappa shape index (κ2) is 43.6. The van der Waals surface area contributed by atoms with Gasteiger partial charge in [0.15, 0.2) is 6.10 Å². The van der Waals surface area contributed by atoms with Crippen LogP contribution in [0.4, 0.5) is 0 Å². The van der Waals surface area contributed by atoms with Crippen LogP contribution in [-0.4, -0.2) is 66.5 Å². The molecule has 0 heterocycles. The van der Waals surface area contributed by atoms with E-state index < -0.39 is 57.8 Å². The molecule has 0 aliphatic carbocycles. The highest BCUT2D eigenvalue weighted by molar-refractivity contribution is 7.47. The Labute approximate surface area is 366 Å². The van der Waals surface area contributed by atoms with Gasteiger partial charge >= 0.3 is 25.7 Å². The maximum Gasteiger partial charge on any atom is 0.472 e. The van der Waals surface area contributed by atoms with Crippen molar-refractivity contribution in [2.45, 2.75) is 238 Å². The fraction of sp³-hybridized carbons (Fsp3) is 0.854. The number of rotatable bonds is 45.